The Hall–Kier alpha value is -10.3. The lowest BCUT2D eigenvalue weighted by molar-refractivity contribution is -0.142. The topological polar surface area (TPSA) is 403 Å². The minimum atomic E-state index is -4.53. The van der Waals surface area contributed by atoms with E-state index in [9.17, 15) is 76.7 Å². The highest BCUT2D eigenvalue weighted by atomic mass is 32.2. The molecule has 0 bridgehead atoms. The molecule has 0 radical (unpaired) electrons. The smallest absolute Gasteiger partial charge is 0.396 e. The Kier molecular flexibility index (Phi) is 28.6. The van der Waals surface area contributed by atoms with Crippen LogP contribution in [0.25, 0.3) is 33.1 Å². The molecule has 2 N–H and O–H groups in total. The van der Waals surface area contributed by atoms with Crippen LogP contribution in [-0.4, -0.2) is 148 Å². The van der Waals surface area contributed by atoms with Gasteiger partial charge in [0.2, 0.25) is 0 Å². The van der Waals surface area contributed by atoms with Crippen molar-refractivity contribution < 1.29 is 84.6 Å². The molecule has 11 aromatic rings. The van der Waals surface area contributed by atoms with E-state index >= 15 is 0 Å². The molecule has 1 saturated heterocycles. The van der Waals surface area contributed by atoms with Gasteiger partial charge >= 0.3 is 35.6 Å². The number of rotatable bonds is 19. The van der Waals surface area contributed by atoms with Crippen LogP contribution in [0, 0.1) is 41.5 Å². The summed E-state index contributed by atoms with van der Waals surface area (Å²) in [7, 11) is 0.792. The average molecular weight is 1490 g/mol. The monoisotopic (exact) mass is 1490 g/mol. The van der Waals surface area contributed by atoms with E-state index in [-0.39, 0.29) is 59.4 Å². The van der Waals surface area contributed by atoms with Crippen molar-refractivity contribution in [1.82, 2.24) is 82.9 Å². The first-order valence-electron chi connectivity index (χ1n) is 31.0. The van der Waals surface area contributed by atoms with Crippen LogP contribution < -0.4 is 33.7 Å². The molecule has 0 saturated carbocycles. The van der Waals surface area contributed by atoms with Gasteiger partial charge in [-0.1, -0.05) is 25.8 Å². The van der Waals surface area contributed by atoms with Crippen LogP contribution in [0.4, 0.5) is 39.5 Å². The Balaban J connectivity index is 0.000000201. The number of aliphatic hydroxyl groups excluding tert-OH is 1. The zero-order chi connectivity index (χ0) is 76.3. The summed E-state index contributed by atoms with van der Waals surface area (Å²) in [6.45, 7) is 9.31. The fourth-order valence-corrected chi connectivity index (χ4v) is 9.73. The van der Waals surface area contributed by atoms with E-state index in [1.165, 1.54) is 21.1 Å². The van der Waals surface area contributed by atoms with Crippen LogP contribution in [0.5, 0.6) is 0 Å². The number of aromatic nitrogens is 17. The van der Waals surface area contributed by atoms with Gasteiger partial charge in [-0.15, -0.1) is 0 Å². The third kappa shape index (κ3) is 25.6. The highest BCUT2D eigenvalue weighted by Crippen LogP contribution is 2.22. The van der Waals surface area contributed by atoms with E-state index < -0.39 is 82.0 Å². The summed E-state index contributed by atoms with van der Waals surface area (Å²) in [5.41, 5.74) is -0.891. The summed E-state index contributed by atoms with van der Waals surface area (Å²) in [5, 5.41) is 37.7. The number of alkyl halides is 9. The maximum atomic E-state index is 12.7. The summed E-state index contributed by atoms with van der Waals surface area (Å²) in [5.74, 6) is 3.69. The number of aromatic amines is 1. The molecule has 0 spiro atoms. The van der Waals surface area contributed by atoms with E-state index in [1.807, 2.05) is 50.9 Å². The summed E-state index contributed by atoms with van der Waals surface area (Å²) >= 11 is 0. The number of ether oxygens (including phenoxy) is 1. The van der Waals surface area contributed by atoms with E-state index in [4.69, 9.17) is 27.7 Å². The number of nitrogens with one attached hydrogen (secondary N) is 1. The minimum Gasteiger partial charge on any atom is -0.396 e. The van der Waals surface area contributed by atoms with Crippen molar-refractivity contribution >= 4 is 43.2 Å². The molecular weight excluding hydrogens is 1420 g/mol. The molecule has 1 aliphatic heterocycles. The van der Waals surface area contributed by atoms with E-state index in [2.05, 4.69) is 50.0 Å². The Labute approximate surface area is 575 Å². The molecule has 0 amide bonds. The van der Waals surface area contributed by atoms with E-state index in [1.54, 1.807) is 26.0 Å². The van der Waals surface area contributed by atoms with Crippen LogP contribution in [0.3, 0.4) is 0 Å². The SMILES string of the molecule is C1CO1.Cc1cc(C)on1.Cc1cc(CCCO)on1.Cc1cc(CCCOS(C)(=O)=O)on1.Cc1cc(CCCn2c(=O)c3c(cnn3CC(F)(F)F)n(C)c2=O)on1.Cc1cc(CCCn2c(=O)c3c(cnn3CC(F)(F)F)n(C)c2=O)on1.Cn1c(=O)[nH]c(=O)c2c1cnn2CC(F)(F)F. The van der Waals surface area contributed by atoms with Gasteiger partial charge in [-0.2, -0.15) is 63.2 Å². The van der Waals surface area contributed by atoms with Crippen LogP contribution in [0.15, 0.2) is 100 Å². The molecule has 0 atom stereocenters. The molecule has 0 aromatic carbocycles. The molecule has 12 heterocycles. The zero-order valence-corrected chi connectivity index (χ0v) is 58.0. The second-order valence-corrected chi connectivity index (χ2v) is 24.6. The van der Waals surface area contributed by atoms with Gasteiger partial charge in [0, 0.05) is 96.9 Å². The van der Waals surface area contributed by atoms with Crippen molar-refractivity contribution in [2.75, 3.05) is 32.7 Å². The summed E-state index contributed by atoms with van der Waals surface area (Å²) in [4.78, 5) is 74.5. The maximum absolute atomic E-state index is 12.7. The molecule has 33 nitrogen and oxygen atoms in total. The molecule has 0 aliphatic carbocycles. The number of epoxide rings is 1. The van der Waals surface area contributed by atoms with Gasteiger partial charge in [0.15, 0.2) is 16.6 Å². The lowest BCUT2D eigenvalue weighted by Crippen LogP contribution is -2.40. The fourth-order valence-electron chi connectivity index (χ4n) is 9.31. The second kappa shape index (κ2) is 36.0. The number of nitrogens with zero attached hydrogens (tertiary/aromatic N) is 16. The maximum Gasteiger partial charge on any atom is 0.408 e. The number of aliphatic hydroxyl groups is 1. The van der Waals surface area contributed by atoms with Crippen molar-refractivity contribution in [3.05, 3.63) is 169 Å². The standard InChI is InChI=1S/2C15H16F3N5O3.C8H7F3N4O2.C8H13NO4S.C7H11NO2.C5H7NO.C2H4O/c2*1-9-6-10(26-20-9)4-3-5-22-13(24)12-11(21(2)14(22)25)7-19-23(12)8-15(16,17)18;1-14-4-2-12-15(3-8(9,10)11)5(4)6(16)13-7(14)17;1-7-6-8(13-9-7)4-3-5-12-14(2,10)11;1-6-5-7(10-8-6)3-2-4-9;1-4-3-5(2)7-6-4;1-2-3-1/h2*6-7H,3-5,8H2,1-2H3;2H,3H2,1H3,(H,13,16,17);6H,3-5H2,1-2H3;5,9H,2-4H2,1H3;3H,1-2H3;1-2H2. The molecular formula is C60H74F9N17O16S. The minimum absolute atomic E-state index is 0.0401. The van der Waals surface area contributed by atoms with Gasteiger partial charge < -0.3 is 32.5 Å². The molecule has 103 heavy (non-hydrogen) atoms. The Morgan fingerprint density at radius 1 is 0.495 bits per heavy atom. The Bertz CT molecular complexity index is 4880. The van der Waals surface area contributed by atoms with E-state index in [0.717, 1.165) is 108 Å². The molecule has 1 fully saturated rings. The molecule has 564 valence electrons. The van der Waals surface area contributed by atoms with Crippen molar-refractivity contribution in [1.29, 1.82) is 0 Å². The van der Waals surface area contributed by atoms with E-state index in [0.29, 0.717) is 75.5 Å². The summed E-state index contributed by atoms with van der Waals surface area (Å²) in [6.07, 6.45) is -4.87. The van der Waals surface area contributed by atoms with Gasteiger partial charge in [0.25, 0.3) is 26.8 Å². The summed E-state index contributed by atoms with van der Waals surface area (Å²) < 4.78 is 175. The number of halogens is 9. The lowest BCUT2D eigenvalue weighted by atomic mass is 10.2. The second-order valence-electron chi connectivity index (χ2n) is 23.0. The Morgan fingerprint density at radius 2 is 0.825 bits per heavy atom. The first-order valence-corrected chi connectivity index (χ1v) is 32.8. The summed E-state index contributed by atoms with van der Waals surface area (Å²) in [6, 6.07) is 9.07. The van der Waals surface area contributed by atoms with Crippen molar-refractivity contribution in [2.24, 2.45) is 21.1 Å². The van der Waals surface area contributed by atoms with Crippen molar-refractivity contribution in [3.63, 3.8) is 0 Å². The first kappa shape index (κ1) is 81.7. The largest absolute Gasteiger partial charge is 0.408 e. The quantitative estimate of drug-likeness (QED) is 0.0413. The van der Waals surface area contributed by atoms with Gasteiger partial charge in [0.05, 0.1) is 89.7 Å². The number of hydrogen-bond acceptors (Lipinski definition) is 24. The van der Waals surface area contributed by atoms with Crippen LogP contribution in [0.2, 0.25) is 0 Å². The van der Waals surface area contributed by atoms with Crippen molar-refractivity contribution in [2.45, 2.75) is 144 Å². The molecule has 1 aliphatic rings. The van der Waals surface area contributed by atoms with Gasteiger partial charge in [0.1, 0.15) is 48.4 Å². The number of fused-ring (bicyclic) bond motifs is 3. The first-order chi connectivity index (χ1) is 48.2. The Morgan fingerprint density at radius 3 is 1.12 bits per heavy atom. The zero-order valence-electron chi connectivity index (χ0n) is 57.2. The van der Waals surface area contributed by atoms with Gasteiger partial charge in [-0.05, 0) is 67.2 Å². The number of aryl methyl sites for hydroxylation is 13. The molecule has 0 unspecified atom stereocenters. The number of H-pyrrole nitrogens is 1. The predicted molar refractivity (Wildman–Crippen MR) is 345 cm³/mol. The van der Waals surface area contributed by atoms with Gasteiger partial charge in [-0.3, -0.25) is 46.4 Å². The molecule has 12 rings (SSSR count). The van der Waals surface area contributed by atoms with Crippen molar-refractivity contribution in [3.8, 4) is 0 Å². The van der Waals surface area contributed by atoms with Gasteiger partial charge in [-0.25, -0.2) is 28.4 Å². The molecule has 43 heteroatoms. The normalized spacial score (nSPS) is 12.1. The fraction of sp³-hybridized carbons (Fsp3) is 0.500. The predicted octanol–water partition coefficient (Wildman–Crippen LogP) is 5.87. The van der Waals surface area contributed by atoms with Crippen LogP contribution in [0.1, 0.15) is 83.0 Å². The number of hydrogen-bond donors (Lipinski definition) is 2. The average Bonchev–Trinajstić information content (AvgIpc) is 1.68. The third-order valence-electron chi connectivity index (χ3n) is 13.9. The van der Waals surface area contributed by atoms with Crippen LogP contribution in [-0.2, 0) is 98.6 Å². The highest BCUT2D eigenvalue weighted by Gasteiger charge is 2.33. The highest BCUT2D eigenvalue weighted by molar-refractivity contribution is 7.85. The molecule has 11 aromatic heterocycles. The third-order valence-corrected chi connectivity index (χ3v) is 14.5. The van der Waals surface area contributed by atoms with Crippen LogP contribution >= 0.6 is 0 Å². The lowest BCUT2D eigenvalue weighted by Gasteiger charge is -2.10.